The number of aromatic nitrogens is 2. The van der Waals surface area contributed by atoms with Crippen LogP contribution in [0.3, 0.4) is 0 Å². The molecule has 2 aromatic rings. The number of nitrogens with one attached hydrogen (secondary N) is 3. The van der Waals surface area contributed by atoms with Crippen LogP contribution < -0.4 is 20.7 Å². The van der Waals surface area contributed by atoms with E-state index in [-0.39, 0.29) is 28.9 Å². The highest BCUT2D eigenvalue weighted by atomic mass is 35.5. The molecule has 1 aliphatic rings. The van der Waals surface area contributed by atoms with Crippen LogP contribution in [0.4, 0.5) is 21.8 Å². The lowest BCUT2D eigenvalue weighted by Crippen LogP contribution is -2.60. The summed E-state index contributed by atoms with van der Waals surface area (Å²) in [5.41, 5.74) is 0.584. The summed E-state index contributed by atoms with van der Waals surface area (Å²) in [6.07, 6.45) is 2.88. The molecule has 1 aromatic heterocycles. The summed E-state index contributed by atoms with van der Waals surface area (Å²) in [5, 5.41) is 10.4. The van der Waals surface area contributed by atoms with Gasteiger partial charge in [0, 0.05) is 22.8 Å². The third kappa shape index (κ3) is 5.02. The van der Waals surface area contributed by atoms with Crippen molar-refractivity contribution in [1.29, 1.82) is 0 Å². The van der Waals surface area contributed by atoms with Crippen LogP contribution >= 0.6 is 11.6 Å². The quantitative estimate of drug-likeness (QED) is 0.664. The summed E-state index contributed by atoms with van der Waals surface area (Å²) in [7, 11) is 1.55. The van der Waals surface area contributed by atoms with Gasteiger partial charge in [-0.15, -0.1) is 0 Å². The van der Waals surface area contributed by atoms with Gasteiger partial charge in [-0.3, -0.25) is 0 Å². The normalized spacial score (nSPS) is 18.5. The highest BCUT2D eigenvalue weighted by molar-refractivity contribution is 6.32. The van der Waals surface area contributed by atoms with Crippen LogP contribution in [0.25, 0.3) is 0 Å². The van der Waals surface area contributed by atoms with Gasteiger partial charge in [-0.1, -0.05) is 11.6 Å². The molecule has 152 valence electrons. The monoisotopic (exact) mass is 407 g/mol. The van der Waals surface area contributed by atoms with Gasteiger partial charge in [0.1, 0.15) is 5.75 Å². The molecular weight excluding hydrogens is 381 g/mol. The van der Waals surface area contributed by atoms with E-state index in [9.17, 15) is 4.39 Å². The third-order valence-corrected chi connectivity index (χ3v) is 4.98. The zero-order chi connectivity index (χ0) is 20.5. The van der Waals surface area contributed by atoms with E-state index in [0.717, 1.165) is 12.8 Å². The van der Waals surface area contributed by atoms with Gasteiger partial charge in [-0.2, -0.15) is 4.98 Å². The second-order valence-corrected chi connectivity index (χ2v) is 8.91. The number of ether oxygens (including phenoxy) is 1. The minimum Gasteiger partial charge on any atom is -0.495 e. The van der Waals surface area contributed by atoms with E-state index < -0.39 is 5.82 Å². The molecule has 8 heteroatoms. The minimum absolute atomic E-state index is 0.0517. The molecule has 0 amide bonds. The van der Waals surface area contributed by atoms with Crippen LogP contribution in [-0.4, -0.2) is 34.2 Å². The maximum absolute atomic E-state index is 14.3. The maximum Gasteiger partial charge on any atom is 0.229 e. The van der Waals surface area contributed by atoms with Gasteiger partial charge in [0.2, 0.25) is 5.95 Å². The first kappa shape index (κ1) is 20.6. The molecule has 0 spiro atoms. The molecule has 0 aliphatic carbocycles. The number of piperidine rings is 1. The van der Waals surface area contributed by atoms with Gasteiger partial charge in [0.05, 0.1) is 18.3 Å². The molecule has 3 N–H and O–H groups in total. The molecule has 28 heavy (non-hydrogen) atoms. The van der Waals surface area contributed by atoms with Crippen molar-refractivity contribution in [2.45, 2.75) is 57.7 Å². The number of methoxy groups -OCH3 is 1. The highest BCUT2D eigenvalue weighted by Crippen LogP contribution is 2.31. The first-order valence-corrected chi connectivity index (χ1v) is 9.64. The Morgan fingerprint density at radius 1 is 1.21 bits per heavy atom. The summed E-state index contributed by atoms with van der Waals surface area (Å²) in [4.78, 5) is 8.36. The molecule has 0 bridgehead atoms. The lowest BCUT2D eigenvalue weighted by Gasteiger charge is -2.46. The van der Waals surface area contributed by atoms with Crippen LogP contribution in [0.2, 0.25) is 5.02 Å². The van der Waals surface area contributed by atoms with Gasteiger partial charge in [-0.05, 0) is 58.7 Å². The summed E-state index contributed by atoms with van der Waals surface area (Å²) < 4.78 is 19.5. The predicted octanol–water partition coefficient (Wildman–Crippen LogP) is 4.74. The molecule has 3 rings (SSSR count). The molecule has 0 unspecified atom stereocenters. The molecule has 1 aliphatic heterocycles. The van der Waals surface area contributed by atoms with Crippen LogP contribution in [-0.2, 0) is 0 Å². The zero-order valence-corrected chi connectivity index (χ0v) is 17.6. The first-order chi connectivity index (χ1) is 13.1. The molecule has 0 saturated carbocycles. The highest BCUT2D eigenvalue weighted by Gasteiger charge is 2.38. The van der Waals surface area contributed by atoms with Crippen molar-refractivity contribution in [3.05, 3.63) is 35.2 Å². The van der Waals surface area contributed by atoms with E-state index in [1.54, 1.807) is 25.3 Å². The Bertz CT molecular complexity index is 842. The first-order valence-electron chi connectivity index (χ1n) is 9.26. The molecular formula is C20H27ClFN5O. The zero-order valence-electron chi connectivity index (χ0n) is 16.9. The number of hydrogen-bond acceptors (Lipinski definition) is 6. The summed E-state index contributed by atoms with van der Waals surface area (Å²) in [6, 6.07) is 5.34. The van der Waals surface area contributed by atoms with E-state index in [2.05, 4.69) is 53.6 Å². The van der Waals surface area contributed by atoms with Crippen LogP contribution in [0, 0.1) is 5.82 Å². The van der Waals surface area contributed by atoms with Crippen molar-refractivity contribution in [2.75, 3.05) is 17.7 Å². The largest absolute Gasteiger partial charge is 0.495 e. The molecule has 6 nitrogen and oxygen atoms in total. The second-order valence-electron chi connectivity index (χ2n) is 8.51. The Hall–Kier alpha value is -2.12. The number of anilines is 3. The van der Waals surface area contributed by atoms with E-state index >= 15 is 0 Å². The molecule has 1 fully saturated rings. The average molecular weight is 408 g/mol. The Balaban J connectivity index is 1.77. The van der Waals surface area contributed by atoms with Crippen molar-refractivity contribution in [3.63, 3.8) is 0 Å². The SMILES string of the molecule is COc1ccc(Nc2ncc(F)c(NC3CC(C)(C)NC(C)(C)C3)n2)cc1Cl. The lowest BCUT2D eigenvalue weighted by atomic mass is 9.79. The topological polar surface area (TPSA) is 71.1 Å². The molecule has 2 heterocycles. The molecule has 0 radical (unpaired) electrons. The van der Waals surface area contributed by atoms with E-state index in [4.69, 9.17) is 16.3 Å². The van der Waals surface area contributed by atoms with Crippen LogP contribution in [0.5, 0.6) is 5.75 Å². The minimum atomic E-state index is -0.479. The number of benzene rings is 1. The summed E-state index contributed by atoms with van der Waals surface area (Å²) in [5.74, 6) is 0.575. The Morgan fingerprint density at radius 3 is 2.50 bits per heavy atom. The molecule has 1 saturated heterocycles. The van der Waals surface area contributed by atoms with Crippen molar-refractivity contribution < 1.29 is 9.13 Å². The van der Waals surface area contributed by atoms with E-state index in [0.29, 0.717) is 16.5 Å². The van der Waals surface area contributed by atoms with Gasteiger partial charge < -0.3 is 20.7 Å². The van der Waals surface area contributed by atoms with Gasteiger partial charge in [0.15, 0.2) is 11.6 Å². The number of halogens is 2. The van der Waals surface area contributed by atoms with E-state index in [1.165, 1.54) is 6.20 Å². The Morgan fingerprint density at radius 2 is 1.89 bits per heavy atom. The summed E-state index contributed by atoms with van der Waals surface area (Å²) in [6.45, 7) is 8.61. The van der Waals surface area contributed by atoms with Crippen LogP contribution in [0.15, 0.2) is 24.4 Å². The standard InChI is InChI=1S/C20H27ClFN5O/c1-19(2)9-13(10-20(3,4)27-19)24-17-15(22)11-23-18(26-17)25-12-6-7-16(28-5)14(21)8-12/h6-8,11,13,27H,9-10H2,1-5H3,(H2,23,24,25,26). The molecule has 0 atom stereocenters. The van der Waals surface area contributed by atoms with Crippen LogP contribution in [0.1, 0.15) is 40.5 Å². The van der Waals surface area contributed by atoms with Crippen molar-refractivity contribution in [1.82, 2.24) is 15.3 Å². The summed E-state index contributed by atoms with van der Waals surface area (Å²) >= 11 is 6.15. The predicted molar refractivity (Wildman–Crippen MR) is 111 cm³/mol. The number of nitrogens with zero attached hydrogens (tertiary/aromatic N) is 2. The van der Waals surface area contributed by atoms with Gasteiger partial charge >= 0.3 is 0 Å². The fourth-order valence-electron chi connectivity index (χ4n) is 4.02. The Kier molecular flexibility index (Phi) is 5.68. The van der Waals surface area contributed by atoms with Crippen molar-refractivity contribution >= 4 is 29.1 Å². The lowest BCUT2D eigenvalue weighted by molar-refractivity contribution is 0.170. The average Bonchev–Trinajstić information content (AvgIpc) is 2.55. The van der Waals surface area contributed by atoms with Gasteiger partial charge in [-0.25, -0.2) is 9.37 Å². The van der Waals surface area contributed by atoms with Gasteiger partial charge in [0.25, 0.3) is 0 Å². The third-order valence-electron chi connectivity index (χ3n) is 4.68. The maximum atomic E-state index is 14.3. The Labute approximate surface area is 170 Å². The fourth-order valence-corrected chi connectivity index (χ4v) is 4.28. The second kappa shape index (κ2) is 7.72. The van der Waals surface area contributed by atoms with Crippen molar-refractivity contribution in [3.8, 4) is 5.75 Å². The smallest absolute Gasteiger partial charge is 0.229 e. The fraction of sp³-hybridized carbons (Fsp3) is 0.500. The number of hydrogen-bond donors (Lipinski definition) is 3. The van der Waals surface area contributed by atoms with Crippen molar-refractivity contribution in [2.24, 2.45) is 0 Å². The molecule has 1 aromatic carbocycles. The van der Waals surface area contributed by atoms with E-state index in [1.807, 2.05) is 0 Å². The number of rotatable bonds is 5.